The first-order chi connectivity index (χ1) is 54.1. The van der Waals surface area contributed by atoms with E-state index in [-0.39, 0.29) is 157 Å². The molecule has 7 rings (SSSR count). The number of nitrogens with two attached hydrogens (primary N) is 1. The van der Waals surface area contributed by atoms with Crippen molar-refractivity contribution in [2.24, 2.45) is 5.73 Å². The summed E-state index contributed by atoms with van der Waals surface area (Å²) in [4.78, 5) is 104. The Hall–Kier alpha value is -5.92. The van der Waals surface area contributed by atoms with E-state index in [1.54, 1.807) is 54.8 Å². The van der Waals surface area contributed by atoms with Crippen LogP contribution in [0.4, 0.5) is 0 Å². The number of nitrogens with one attached hydrogen (secondary N) is 5. The van der Waals surface area contributed by atoms with Gasteiger partial charge in [-0.3, -0.25) is 28.8 Å². The number of aliphatic hydroxyl groups excluding tert-OH is 6. The zero-order valence-electron chi connectivity index (χ0n) is 65.3. The molecule has 2 aliphatic heterocycles. The number of carboxylic acid groups (broad SMARTS) is 1. The molecule has 2 aliphatic rings. The van der Waals surface area contributed by atoms with Crippen LogP contribution in [0.5, 0.6) is 5.75 Å². The second kappa shape index (κ2) is 55.0. The molecule has 2 heterocycles. The van der Waals surface area contributed by atoms with E-state index in [2.05, 4.69) is 26.6 Å². The molecule has 2 fully saturated rings. The molecular formula is C79H105N6Na2O26S2-. The number of ether oxygens (including phenoxy) is 10. The van der Waals surface area contributed by atoms with Crippen LogP contribution in [0.2, 0.25) is 0 Å². The summed E-state index contributed by atoms with van der Waals surface area (Å²) in [7, 11) is 0. The van der Waals surface area contributed by atoms with Crippen LogP contribution in [-0.4, -0.2) is 291 Å². The monoisotopic (exact) mass is 1660 g/mol. The molecule has 0 aromatic heterocycles. The van der Waals surface area contributed by atoms with Crippen molar-refractivity contribution in [2.45, 2.75) is 125 Å². The number of carbonyl (C=O) groups is 7. The number of Topliss-reactive ketones (excluding diaryl/α,β-unsaturated/α-hetero) is 1. The Morgan fingerprint density at radius 1 is 0.530 bits per heavy atom. The summed E-state index contributed by atoms with van der Waals surface area (Å²) in [5, 5.41) is 93.2. The third-order valence-electron chi connectivity index (χ3n) is 17.8. The largest absolute Gasteiger partial charge is 1.00 e. The first-order valence-electron chi connectivity index (χ1n) is 37.1. The van der Waals surface area contributed by atoms with Crippen LogP contribution in [0.15, 0.2) is 127 Å². The Labute approximate surface area is 721 Å². The van der Waals surface area contributed by atoms with Crippen molar-refractivity contribution in [3.63, 3.8) is 0 Å². The number of hydrogen-bond acceptors (Lipinski definition) is 29. The number of carboxylic acids is 1. The quantitative estimate of drug-likeness (QED) is 0.00751. The standard InChI is InChI=1S/C79H105N6O25S2.2Na.H2O/c1-52(87)84-68-63(90)47-78(51-86,109-72(68)70(94)65(92)49-82-74(96)58-21-17-56(18-22-58)54-12-5-3-6-13-54)107-29-10-44-112-45-28-81-76(98)60-25-26-61(67(46-60)106-41-40-105-39-38-104-37-36-103-35-34-102-33-32-101-31-27-80)62(89)16-9-42-111-43-11-30-108-79(77(99)100)48-64(91)69(85-53(2)88)73(110-79)71(95)66(93)50-83-75(97)59-23-19-57(20-24-59)55-14-7-4-8-15-55;;;/h3-8,12-15,17-26,46,63-66,68-73,90-95H,9-11,16,27-45,47-50,80H2,1-2H3,(H,81,98)(H,82,96)(H,83,97)(H,84,87)(H,85,88)(H,99,100);;;1H2/q-1;2*+1;/p-2/t63-,64-,65+,66+,68+,69+,70+,71+,72+,73+,78+,79+;;;/m0.../s1. The summed E-state index contributed by atoms with van der Waals surface area (Å²) in [6.07, 6.45) is -12.3. The van der Waals surface area contributed by atoms with Gasteiger partial charge in [-0.05, 0) is 101 Å². The van der Waals surface area contributed by atoms with Crippen LogP contribution in [0.1, 0.15) is 93.8 Å². The number of hydrogen-bond donors (Lipinski definition) is 12. The summed E-state index contributed by atoms with van der Waals surface area (Å²) >= 11 is 2.88. The maximum Gasteiger partial charge on any atom is 1.00 e. The number of carbonyl (C=O) groups excluding carboxylic acids is 8. The summed E-state index contributed by atoms with van der Waals surface area (Å²) < 4.78 is 57.0. The molecule has 12 atom stereocenters. The molecule has 0 aliphatic carbocycles. The maximum absolute atomic E-state index is 13.9. The molecule has 5 aromatic carbocycles. The number of aliphatic carboxylic acids is 1. The van der Waals surface area contributed by atoms with Crippen molar-refractivity contribution < 1.29 is 186 Å². The van der Waals surface area contributed by atoms with Crippen molar-refractivity contribution in [3.8, 4) is 28.0 Å². The maximum atomic E-state index is 13.9. The average Bonchev–Trinajstić information content (AvgIpc) is 0.770. The third kappa shape index (κ3) is 34.0. The Morgan fingerprint density at radius 3 is 1.42 bits per heavy atom. The summed E-state index contributed by atoms with van der Waals surface area (Å²) in [5.41, 5.74) is 9.99. The summed E-state index contributed by atoms with van der Waals surface area (Å²) in [5.74, 6) is -7.93. The van der Waals surface area contributed by atoms with Crippen LogP contribution in [0, 0.1) is 0 Å². The second-order valence-corrected chi connectivity index (χ2v) is 28.7. The van der Waals surface area contributed by atoms with Crippen LogP contribution in [-0.2, 0) is 61.8 Å². The second-order valence-electron chi connectivity index (χ2n) is 26.3. The molecule has 0 radical (unpaired) electrons. The van der Waals surface area contributed by atoms with Gasteiger partial charge in [-0.2, -0.15) is 23.5 Å². The fourth-order valence-electron chi connectivity index (χ4n) is 12.1. The Bertz CT molecular complexity index is 3710. The number of thioether (sulfide) groups is 2. The zero-order chi connectivity index (χ0) is 80.7. The van der Waals surface area contributed by atoms with Crippen LogP contribution < -0.4 is 101 Å². The normalized spacial score (nSPS) is 20.1. The first-order valence-corrected chi connectivity index (χ1v) is 39.5. The van der Waals surface area contributed by atoms with Gasteiger partial charge in [-0.1, -0.05) is 84.9 Å². The van der Waals surface area contributed by atoms with Gasteiger partial charge in [-0.25, -0.2) is 6.29 Å². The van der Waals surface area contributed by atoms with E-state index < -0.39 is 134 Å². The van der Waals surface area contributed by atoms with Crippen LogP contribution in [0.25, 0.3) is 22.3 Å². The minimum atomic E-state index is -2.63. The number of ketones is 1. The van der Waals surface area contributed by atoms with Gasteiger partial charge in [0, 0.05) is 88.3 Å². The molecule has 0 unspecified atom stereocenters. The predicted octanol–water partition coefficient (Wildman–Crippen LogP) is -4.89. The van der Waals surface area contributed by atoms with Crippen molar-refractivity contribution in [1.29, 1.82) is 0 Å². The minimum absolute atomic E-state index is 0. The van der Waals surface area contributed by atoms with Gasteiger partial charge in [0.1, 0.15) is 42.7 Å². The molecule has 0 bridgehead atoms. The molecule has 115 heavy (non-hydrogen) atoms. The van der Waals surface area contributed by atoms with E-state index in [4.69, 9.17) is 53.1 Å². The molecule has 36 heteroatoms. The van der Waals surface area contributed by atoms with E-state index in [1.807, 2.05) is 60.7 Å². The Balaban J connectivity index is 0.00000928. The van der Waals surface area contributed by atoms with Gasteiger partial charge in [0.25, 0.3) is 17.7 Å². The van der Waals surface area contributed by atoms with E-state index in [0.29, 0.717) is 88.6 Å². The molecule has 5 amide bonds. The van der Waals surface area contributed by atoms with Gasteiger partial charge in [0.05, 0.1) is 121 Å². The van der Waals surface area contributed by atoms with Crippen molar-refractivity contribution in [1.82, 2.24) is 26.6 Å². The fraction of sp³-hybridized carbons (Fsp3) is 0.519. The first kappa shape index (κ1) is 101. The number of amides is 5. The molecule has 5 aromatic rings. The van der Waals surface area contributed by atoms with Gasteiger partial charge in [0.2, 0.25) is 17.6 Å². The molecule has 32 nitrogen and oxygen atoms in total. The molecular weight excluding hydrogens is 1560 g/mol. The van der Waals surface area contributed by atoms with Gasteiger partial charge < -0.3 is 130 Å². The number of aliphatic hydroxyl groups is 6. The molecule has 0 spiro atoms. The van der Waals surface area contributed by atoms with Crippen molar-refractivity contribution >= 4 is 71.1 Å². The topological polar surface area (TPSA) is 489 Å². The minimum Gasteiger partial charge on any atom is -0.870 e. The smallest absolute Gasteiger partial charge is 0.870 e. The van der Waals surface area contributed by atoms with Gasteiger partial charge in [-0.15, -0.1) is 0 Å². The average molecular weight is 1660 g/mol. The van der Waals surface area contributed by atoms with E-state index in [1.165, 1.54) is 48.6 Å². The predicted molar refractivity (Wildman–Crippen MR) is 414 cm³/mol. The van der Waals surface area contributed by atoms with E-state index >= 15 is 0 Å². The van der Waals surface area contributed by atoms with E-state index in [0.717, 1.165) is 29.2 Å². The fourth-order valence-corrected chi connectivity index (χ4v) is 13.7. The zero-order valence-corrected chi connectivity index (χ0v) is 70.9. The van der Waals surface area contributed by atoms with Crippen LogP contribution in [0.3, 0.4) is 0 Å². The van der Waals surface area contributed by atoms with Crippen molar-refractivity contribution in [3.05, 3.63) is 150 Å². The Morgan fingerprint density at radius 2 is 0.948 bits per heavy atom. The number of benzene rings is 5. The van der Waals surface area contributed by atoms with Crippen molar-refractivity contribution in [2.75, 3.05) is 135 Å². The van der Waals surface area contributed by atoms with Gasteiger partial charge in [0.15, 0.2) is 5.78 Å². The molecule has 2 saturated heterocycles. The third-order valence-corrected chi connectivity index (χ3v) is 20.0. The molecule has 0 saturated carbocycles. The molecule has 622 valence electrons. The van der Waals surface area contributed by atoms with E-state index in [9.17, 15) is 74.1 Å². The van der Waals surface area contributed by atoms with Gasteiger partial charge >= 0.3 is 59.1 Å². The summed E-state index contributed by atoms with van der Waals surface area (Å²) in [6.45, 7) is 5.05. The Kier molecular flexibility index (Phi) is 48.5. The molecule has 14 N–H and O–H groups in total. The number of rotatable bonds is 53. The summed E-state index contributed by atoms with van der Waals surface area (Å²) in [6, 6.07) is 34.2. The SMILES string of the molecule is CC(=O)N[C@H]1[C@H]([C@H](O)[C@H](O)CNC(=O)c2ccc(-c3ccccc3)cc2)O[C@]([C-]=O)(OCCCSCCNC(=O)c2ccc(C(=O)CCCSCCCO[C@]3(C(=O)[O-])C[C@H](O)[C@@H](NC(C)=O)[C@H]([C@H](O)[C@H](O)CNC(=O)c4ccc(-c5ccccc5)cc4)O3)c(OCCOCCOCCOCCOCCOCCN)c2)C[C@@H]1O.[Na+].[Na+].[OH-]. The van der Waals surface area contributed by atoms with Crippen LogP contribution >= 0.6 is 23.5 Å².